The molecule has 0 radical (unpaired) electrons. The summed E-state index contributed by atoms with van der Waals surface area (Å²) in [5.74, 6) is 2.65. The number of aromatic hydroxyl groups is 3. The van der Waals surface area contributed by atoms with Crippen LogP contribution in [0, 0.1) is 32.6 Å². The molecule has 3 N–H and O–H groups in total. The molecule has 3 rings (SSSR count). The Morgan fingerprint density at radius 1 is 0.375 bits per heavy atom. The zero-order valence-corrected chi connectivity index (χ0v) is 21.4. The largest absolute Gasteiger partial charge is 0.508 e. The smallest absolute Gasteiger partial charge is 0.115 e. The molecule has 0 fully saturated rings. The Labute approximate surface area is 196 Å². The van der Waals surface area contributed by atoms with Crippen molar-refractivity contribution in [1.82, 2.24) is 0 Å². The van der Waals surface area contributed by atoms with Gasteiger partial charge in [0.05, 0.1) is 0 Å². The lowest BCUT2D eigenvalue weighted by molar-refractivity contribution is 0.474. The van der Waals surface area contributed by atoms with Crippen LogP contribution >= 0.6 is 0 Å². The molecule has 3 heteroatoms. The van der Waals surface area contributed by atoms with Gasteiger partial charge in [-0.3, -0.25) is 0 Å². The molecule has 0 aliphatic heterocycles. The van der Waals surface area contributed by atoms with E-state index >= 15 is 0 Å². The van der Waals surface area contributed by atoms with Gasteiger partial charge in [-0.2, -0.15) is 0 Å². The van der Waals surface area contributed by atoms with Crippen molar-refractivity contribution >= 4 is 0 Å². The Balaban J connectivity index is 0. The van der Waals surface area contributed by atoms with E-state index in [1.165, 1.54) is 16.7 Å². The van der Waals surface area contributed by atoms with Crippen LogP contribution in [0.25, 0.3) is 0 Å². The van der Waals surface area contributed by atoms with E-state index in [4.69, 9.17) is 15.3 Å². The summed E-state index contributed by atoms with van der Waals surface area (Å²) < 4.78 is 0. The summed E-state index contributed by atoms with van der Waals surface area (Å²) in [6.07, 6.45) is 0. The van der Waals surface area contributed by atoms with Crippen molar-refractivity contribution in [2.45, 2.75) is 62.3 Å². The van der Waals surface area contributed by atoms with Crippen molar-refractivity contribution in [2.75, 3.05) is 0 Å². The summed E-state index contributed by atoms with van der Waals surface area (Å²) in [5, 5.41) is 26.3. The second-order valence-electron chi connectivity index (χ2n) is 8.97. The Morgan fingerprint density at radius 2 is 0.500 bits per heavy atom. The van der Waals surface area contributed by atoms with Crippen molar-refractivity contribution in [1.29, 1.82) is 0 Å². The second kappa shape index (κ2) is 18.8. The van der Waals surface area contributed by atoms with Crippen molar-refractivity contribution in [3.63, 3.8) is 0 Å². The van der Waals surface area contributed by atoms with E-state index in [0.717, 1.165) is 11.8 Å². The average Bonchev–Trinajstić information content (AvgIpc) is 2.69. The Morgan fingerprint density at radius 3 is 0.594 bits per heavy atom. The number of benzene rings is 3. The quantitative estimate of drug-likeness (QED) is 0.329. The number of phenolic OH excluding ortho intramolecular Hbond substituents is 3. The fourth-order valence-electron chi connectivity index (χ4n) is 1.63. The van der Waals surface area contributed by atoms with Gasteiger partial charge >= 0.3 is 0 Å². The third-order valence-electron chi connectivity index (χ3n) is 3.10. The van der Waals surface area contributed by atoms with Crippen LogP contribution in [-0.4, -0.2) is 15.3 Å². The SMILES string of the molecule is CC(C)C.CC(C)C.Cc1ccc(O)cc1.Cc1ccc(O)cc1.Cc1ccc(O)cc1. The molecule has 178 valence electrons. The molecule has 0 saturated heterocycles. The summed E-state index contributed by atoms with van der Waals surface area (Å²) in [4.78, 5) is 0. The van der Waals surface area contributed by atoms with Gasteiger partial charge in [-0.15, -0.1) is 0 Å². The van der Waals surface area contributed by atoms with Crippen molar-refractivity contribution in [2.24, 2.45) is 11.8 Å². The van der Waals surface area contributed by atoms with Crippen LogP contribution < -0.4 is 0 Å². The molecule has 0 aromatic heterocycles. The Hall–Kier alpha value is -2.94. The molecular weight excluding hydrogens is 396 g/mol. The molecule has 0 heterocycles. The lowest BCUT2D eigenvalue weighted by Crippen LogP contribution is -1.66. The molecule has 0 amide bonds. The molecule has 3 nitrogen and oxygen atoms in total. The van der Waals surface area contributed by atoms with Gasteiger partial charge in [-0.25, -0.2) is 0 Å². The van der Waals surface area contributed by atoms with Crippen LogP contribution in [0.5, 0.6) is 17.2 Å². The van der Waals surface area contributed by atoms with Crippen LogP contribution in [0.15, 0.2) is 72.8 Å². The van der Waals surface area contributed by atoms with Crippen LogP contribution in [0.2, 0.25) is 0 Å². The second-order valence-corrected chi connectivity index (χ2v) is 8.97. The lowest BCUT2D eigenvalue weighted by Gasteiger charge is -1.89. The summed E-state index contributed by atoms with van der Waals surface area (Å²) in [7, 11) is 0. The van der Waals surface area contributed by atoms with Gasteiger partial charge in [0.2, 0.25) is 0 Å². The number of hydrogen-bond acceptors (Lipinski definition) is 3. The zero-order chi connectivity index (χ0) is 25.1. The fraction of sp³-hybridized carbons (Fsp3) is 0.379. The predicted octanol–water partition coefficient (Wildman–Crippen LogP) is 8.43. The summed E-state index contributed by atoms with van der Waals surface area (Å²) in [6.45, 7) is 19.0. The van der Waals surface area contributed by atoms with E-state index in [1.807, 2.05) is 57.2 Å². The highest BCUT2D eigenvalue weighted by Gasteiger charge is 1.83. The van der Waals surface area contributed by atoms with Gasteiger partial charge in [0.25, 0.3) is 0 Å². The highest BCUT2D eigenvalue weighted by atomic mass is 16.3. The normalized spacial score (nSPS) is 9.09. The minimum atomic E-state index is 0.329. The molecule has 0 aliphatic rings. The van der Waals surface area contributed by atoms with Gasteiger partial charge in [0, 0.05) is 0 Å². The Bertz CT molecular complexity index is 609. The monoisotopic (exact) mass is 440 g/mol. The van der Waals surface area contributed by atoms with E-state index in [1.54, 1.807) is 36.4 Å². The third-order valence-corrected chi connectivity index (χ3v) is 3.10. The number of phenols is 3. The van der Waals surface area contributed by atoms with E-state index in [9.17, 15) is 0 Å². The minimum absolute atomic E-state index is 0.329. The fourth-order valence-corrected chi connectivity index (χ4v) is 1.63. The van der Waals surface area contributed by atoms with Crippen molar-refractivity contribution in [3.05, 3.63) is 89.5 Å². The van der Waals surface area contributed by atoms with Crippen LogP contribution in [0.3, 0.4) is 0 Å². The first-order valence-electron chi connectivity index (χ1n) is 11.1. The minimum Gasteiger partial charge on any atom is -0.508 e. The standard InChI is InChI=1S/3C7H8O.2C4H10/c3*1-6-2-4-7(8)5-3-6;2*1-4(2)3/h3*2-5,8H,1H3;2*4H,1-3H3. The van der Waals surface area contributed by atoms with Gasteiger partial charge in [-0.1, -0.05) is 94.6 Å². The van der Waals surface area contributed by atoms with Crippen LogP contribution in [0.4, 0.5) is 0 Å². The maximum atomic E-state index is 8.76. The number of rotatable bonds is 0. The highest BCUT2D eigenvalue weighted by Crippen LogP contribution is 2.08. The third kappa shape index (κ3) is 25.1. The van der Waals surface area contributed by atoms with Crippen LogP contribution in [-0.2, 0) is 0 Å². The molecule has 32 heavy (non-hydrogen) atoms. The zero-order valence-electron chi connectivity index (χ0n) is 21.4. The first-order chi connectivity index (χ1) is 14.8. The predicted molar refractivity (Wildman–Crippen MR) is 140 cm³/mol. The van der Waals surface area contributed by atoms with Gasteiger partial charge < -0.3 is 15.3 Å². The number of hydrogen-bond donors (Lipinski definition) is 3. The first-order valence-corrected chi connectivity index (χ1v) is 11.1. The molecule has 3 aromatic carbocycles. The van der Waals surface area contributed by atoms with E-state index in [-0.39, 0.29) is 0 Å². The van der Waals surface area contributed by atoms with E-state index < -0.39 is 0 Å². The Kier molecular flexibility index (Phi) is 18.4. The van der Waals surface area contributed by atoms with Crippen LogP contribution in [0.1, 0.15) is 58.2 Å². The van der Waals surface area contributed by atoms with E-state index in [0.29, 0.717) is 17.2 Å². The molecule has 0 unspecified atom stereocenters. The highest BCUT2D eigenvalue weighted by molar-refractivity contribution is 5.25. The lowest BCUT2D eigenvalue weighted by atomic mass is 10.2. The molecular formula is C29H44O3. The van der Waals surface area contributed by atoms with E-state index in [2.05, 4.69) is 41.5 Å². The maximum absolute atomic E-state index is 8.76. The summed E-state index contributed by atoms with van der Waals surface area (Å²) in [5.41, 5.74) is 3.51. The molecule has 0 spiro atoms. The van der Waals surface area contributed by atoms with Crippen molar-refractivity contribution in [3.8, 4) is 17.2 Å². The molecule has 0 bridgehead atoms. The first kappa shape index (κ1) is 31.2. The summed E-state index contributed by atoms with van der Waals surface area (Å²) in [6, 6.07) is 21.3. The number of aryl methyl sites for hydroxylation is 3. The molecule has 0 saturated carbocycles. The molecule has 0 aliphatic carbocycles. The van der Waals surface area contributed by atoms with Gasteiger partial charge in [0.1, 0.15) is 17.2 Å². The molecule has 3 aromatic rings. The van der Waals surface area contributed by atoms with Gasteiger partial charge in [-0.05, 0) is 69.0 Å². The molecule has 0 atom stereocenters. The average molecular weight is 441 g/mol. The maximum Gasteiger partial charge on any atom is 0.115 e. The topological polar surface area (TPSA) is 60.7 Å². The summed E-state index contributed by atoms with van der Waals surface area (Å²) >= 11 is 0. The van der Waals surface area contributed by atoms with Crippen molar-refractivity contribution < 1.29 is 15.3 Å². The van der Waals surface area contributed by atoms with Gasteiger partial charge in [0.15, 0.2) is 0 Å².